The van der Waals surface area contributed by atoms with Gasteiger partial charge in [-0.2, -0.15) is 0 Å². The SMILES string of the molecule is c1ccc(-c2nc(-c3ccc4ccccc4c3)nc(-c3ccc(-c4ccc(-n5c6ccccc6c6c7ccccc7ccc65)c5oc6cnccc6c45)c4ccccc34)n2)cc1. The molecule has 13 aromatic rings. The molecule has 0 radical (unpaired) electrons. The highest BCUT2D eigenvalue weighted by Crippen LogP contribution is 2.45. The van der Waals surface area contributed by atoms with Crippen LogP contribution in [-0.4, -0.2) is 24.5 Å². The molecule has 6 nitrogen and oxygen atoms in total. The van der Waals surface area contributed by atoms with Crippen LogP contribution in [0.4, 0.5) is 0 Å². The lowest BCUT2D eigenvalue weighted by Crippen LogP contribution is -2.01. The van der Waals surface area contributed by atoms with E-state index in [2.05, 4.69) is 167 Å². The number of nitrogens with zero attached hydrogens (tertiary/aromatic N) is 5. The van der Waals surface area contributed by atoms with Crippen molar-refractivity contribution in [2.75, 3.05) is 0 Å². The lowest BCUT2D eigenvalue weighted by molar-refractivity contribution is 0.664. The number of pyridine rings is 1. The summed E-state index contributed by atoms with van der Waals surface area (Å²) in [4.78, 5) is 19.9. The summed E-state index contributed by atoms with van der Waals surface area (Å²) in [5.41, 5.74) is 9.72. The average Bonchev–Trinajstić information content (AvgIpc) is 3.90. The molecule has 0 amide bonds. The molecule has 0 aliphatic carbocycles. The number of aromatic nitrogens is 5. The van der Waals surface area contributed by atoms with Crippen molar-refractivity contribution >= 4 is 76.1 Å². The van der Waals surface area contributed by atoms with Crippen LogP contribution >= 0.6 is 0 Å². The molecule has 0 saturated heterocycles. The van der Waals surface area contributed by atoms with E-state index in [-0.39, 0.29) is 0 Å². The van der Waals surface area contributed by atoms with Crippen LogP contribution in [-0.2, 0) is 0 Å². The first kappa shape index (κ1) is 34.4. The van der Waals surface area contributed by atoms with Gasteiger partial charge in [0.15, 0.2) is 28.6 Å². The molecule has 0 aliphatic rings. The third kappa shape index (κ3) is 5.23. The molecular weight excluding hydrogens is 759 g/mol. The fourth-order valence-electron chi connectivity index (χ4n) is 9.52. The minimum atomic E-state index is 0.615. The van der Waals surface area contributed by atoms with Crippen LogP contribution in [0.15, 0.2) is 205 Å². The number of hydrogen-bond donors (Lipinski definition) is 0. The van der Waals surface area contributed by atoms with Gasteiger partial charge in [-0.05, 0) is 79.8 Å². The smallest absolute Gasteiger partial charge is 0.164 e. The Morgan fingerprint density at radius 1 is 0.387 bits per heavy atom. The molecule has 0 aliphatic heterocycles. The molecular formula is C56H33N5O. The maximum absolute atomic E-state index is 6.89. The Kier molecular flexibility index (Phi) is 7.50. The minimum Gasteiger partial charge on any atom is -0.452 e. The van der Waals surface area contributed by atoms with Gasteiger partial charge in [-0.1, -0.05) is 152 Å². The lowest BCUT2D eigenvalue weighted by Gasteiger charge is -2.15. The predicted molar refractivity (Wildman–Crippen MR) is 254 cm³/mol. The average molecular weight is 792 g/mol. The van der Waals surface area contributed by atoms with Gasteiger partial charge in [0.2, 0.25) is 0 Å². The summed E-state index contributed by atoms with van der Waals surface area (Å²) in [7, 11) is 0. The van der Waals surface area contributed by atoms with E-state index in [9.17, 15) is 0 Å². The molecule has 6 heteroatoms. The van der Waals surface area contributed by atoms with Gasteiger partial charge in [-0.3, -0.25) is 4.98 Å². The monoisotopic (exact) mass is 791 g/mol. The summed E-state index contributed by atoms with van der Waals surface area (Å²) < 4.78 is 9.25. The normalized spacial score (nSPS) is 11.9. The van der Waals surface area contributed by atoms with Crippen LogP contribution in [0.5, 0.6) is 0 Å². The predicted octanol–water partition coefficient (Wildman–Crippen LogP) is 14.4. The molecule has 0 unspecified atom stereocenters. The minimum absolute atomic E-state index is 0.615. The fourth-order valence-corrected chi connectivity index (χ4v) is 9.52. The Morgan fingerprint density at radius 3 is 1.89 bits per heavy atom. The Balaban J connectivity index is 1.04. The second kappa shape index (κ2) is 13.5. The van der Waals surface area contributed by atoms with Crippen LogP contribution in [0.2, 0.25) is 0 Å². The van der Waals surface area contributed by atoms with E-state index in [1.807, 2.05) is 42.7 Å². The van der Waals surface area contributed by atoms with Crippen LogP contribution < -0.4 is 0 Å². The highest BCUT2D eigenvalue weighted by Gasteiger charge is 2.23. The van der Waals surface area contributed by atoms with Gasteiger partial charge in [0, 0.05) is 44.4 Å². The summed E-state index contributed by atoms with van der Waals surface area (Å²) in [5.74, 6) is 1.87. The van der Waals surface area contributed by atoms with Gasteiger partial charge in [-0.15, -0.1) is 0 Å². The first-order chi connectivity index (χ1) is 30.7. The lowest BCUT2D eigenvalue weighted by atomic mass is 9.92. The maximum atomic E-state index is 6.89. The van der Waals surface area contributed by atoms with Gasteiger partial charge in [-0.25, -0.2) is 15.0 Å². The summed E-state index contributed by atoms with van der Waals surface area (Å²) in [6, 6.07) is 66.1. The highest BCUT2D eigenvalue weighted by atomic mass is 16.3. The molecule has 0 spiro atoms. The number of fused-ring (bicyclic) bond motifs is 10. The second-order valence-electron chi connectivity index (χ2n) is 15.8. The number of benzene rings is 9. The molecule has 0 bridgehead atoms. The highest BCUT2D eigenvalue weighted by molar-refractivity contribution is 6.23. The van der Waals surface area contributed by atoms with E-state index in [0.29, 0.717) is 17.5 Å². The summed E-state index contributed by atoms with van der Waals surface area (Å²) in [6.07, 6.45) is 3.67. The van der Waals surface area contributed by atoms with Crippen molar-refractivity contribution in [1.29, 1.82) is 0 Å². The van der Waals surface area contributed by atoms with Crippen LogP contribution in [0, 0.1) is 0 Å². The molecule has 288 valence electrons. The van der Waals surface area contributed by atoms with Crippen LogP contribution in [0.1, 0.15) is 0 Å². The van der Waals surface area contributed by atoms with Crippen molar-refractivity contribution in [2.45, 2.75) is 0 Å². The molecule has 0 atom stereocenters. The van der Waals surface area contributed by atoms with Crippen molar-refractivity contribution in [3.05, 3.63) is 200 Å². The van der Waals surface area contributed by atoms with Crippen molar-refractivity contribution in [3.63, 3.8) is 0 Å². The number of para-hydroxylation sites is 1. The van der Waals surface area contributed by atoms with Crippen molar-refractivity contribution in [3.8, 4) is 51.0 Å². The topological polar surface area (TPSA) is 69.6 Å². The first-order valence-electron chi connectivity index (χ1n) is 20.8. The van der Waals surface area contributed by atoms with Crippen LogP contribution in [0.25, 0.3) is 127 Å². The Hall–Kier alpha value is -8.48. The second-order valence-corrected chi connectivity index (χ2v) is 15.8. The fraction of sp³-hybridized carbons (Fsp3) is 0. The Labute approximate surface area is 355 Å². The Morgan fingerprint density at radius 2 is 1.03 bits per heavy atom. The quantitative estimate of drug-likeness (QED) is 0.174. The summed E-state index contributed by atoms with van der Waals surface area (Å²) in [5, 5.41) is 11.4. The zero-order chi connectivity index (χ0) is 40.7. The van der Waals surface area contributed by atoms with Crippen LogP contribution in [0.3, 0.4) is 0 Å². The van der Waals surface area contributed by atoms with E-state index < -0.39 is 0 Å². The van der Waals surface area contributed by atoms with Crippen molar-refractivity contribution < 1.29 is 4.42 Å². The van der Waals surface area contributed by atoms with Crippen molar-refractivity contribution in [1.82, 2.24) is 24.5 Å². The van der Waals surface area contributed by atoms with E-state index in [0.717, 1.165) is 82.6 Å². The number of rotatable bonds is 5. The zero-order valence-corrected chi connectivity index (χ0v) is 33.2. The van der Waals surface area contributed by atoms with E-state index >= 15 is 0 Å². The van der Waals surface area contributed by atoms with E-state index in [1.54, 1.807) is 0 Å². The van der Waals surface area contributed by atoms with Gasteiger partial charge < -0.3 is 8.98 Å². The summed E-state index contributed by atoms with van der Waals surface area (Å²) >= 11 is 0. The summed E-state index contributed by atoms with van der Waals surface area (Å²) in [6.45, 7) is 0. The van der Waals surface area contributed by atoms with E-state index in [1.165, 1.54) is 26.9 Å². The van der Waals surface area contributed by atoms with Gasteiger partial charge in [0.1, 0.15) is 0 Å². The molecule has 13 rings (SSSR count). The third-order valence-corrected chi connectivity index (χ3v) is 12.3. The van der Waals surface area contributed by atoms with Gasteiger partial charge in [0.05, 0.1) is 22.9 Å². The zero-order valence-electron chi connectivity index (χ0n) is 33.2. The van der Waals surface area contributed by atoms with Gasteiger partial charge in [0.25, 0.3) is 0 Å². The molecule has 0 fully saturated rings. The van der Waals surface area contributed by atoms with E-state index in [4.69, 9.17) is 19.4 Å². The largest absolute Gasteiger partial charge is 0.452 e. The van der Waals surface area contributed by atoms with Gasteiger partial charge >= 0.3 is 0 Å². The molecule has 4 heterocycles. The Bertz CT molecular complexity index is 3940. The number of furan rings is 1. The molecule has 0 N–H and O–H groups in total. The standard InChI is InChI=1S/C56H33N5O/c1-2-14-36(15-3-1)54-58-55(38-23-22-34-12-4-5-16-37(34)32-38)60-56(59-54)44-26-25-42(40-18-8-9-19-41(40)44)43-27-29-49(53-52(43)46-30-31-57-33-50(46)62-53)61-47-21-11-10-20-45(47)51-39-17-7-6-13-35(39)24-28-48(51)61/h1-33H. The van der Waals surface area contributed by atoms with Crippen molar-refractivity contribution in [2.24, 2.45) is 0 Å². The first-order valence-corrected chi connectivity index (χ1v) is 20.8. The molecule has 62 heavy (non-hydrogen) atoms. The third-order valence-electron chi connectivity index (χ3n) is 12.3. The number of hydrogen-bond acceptors (Lipinski definition) is 5. The molecule has 0 saturated carbocycles. The molecule has 9 aromatic carbocycles. The molecule has 4 aromatic heterocycles. The maximum Gasteiger partial charge on any atom is 0.164 e.